The minimum absolute atomic E-state index is 0.0830. The number of nitrogens with one attached hydrogen (secondary N) is 1. The van der Waals surface area contributed by atoms with Crippen LogP contribution < -0.4 is 5.32 Å². The first-order valence-electron chi connectivity index (χ1n) is 13.2. The number of aromatic nitrogens is 3. The highest BCUT2D eigenvalue weighted by Crippen LogP contribution is 2.29. The van der Waals surface area contributed by atoms with Crippen molar-refractivity contribution in [2.75, 3.05) is 19.6 Å². The smallest absolute Gasteiger partial charge is 0.223 e. The molecule has 2 aliphatic rings. The minimum atomic E-state index is 0.0830. The van der Waals surface area contributed by atoms with E-state index in [1.54, 1.807) is 0 Å². The number of hydrogen-bond donors (Lipinski definition) is 1. The van der Waals surface area contributed by atoms with Crippen molar-refractivity contribution in [3.05, 3.63) is 83.4 Å². The Balaban J connectivity index is 1.17. The van der Waals surface area contributed by atoms with E-state index in [1.165, 1.54) is 17.5 Å². The third kappa shape index (κ3) is 5.81. The van der Waals surface area contributed by atoms with Crippen molar-refractivity contribution in [1.82, 2.24) is 25.0 Å². The molecule has 2 heterocycles. The van der Waals surface area contributed by atoms with Crippen molar-refractivity contribution in [3.8, 4) is 0 Å². The van der Waals surface area contributed by atoms with Gasteiger partial charge in [-0.05, 0) is 50.2 Å². The summed E-state index contributed by atoms with van der Waals surface area (Å²) in [7, 11) is 0. The zero-order valence-electron chi connectivity index (χ0n) is 20.8. The minimum Gasteiger partial charge on any atom is -0.349 e. The van der Waals surface area contributed by atoms with Crippen molar-refractivity contribution in [2.45, 2.75) is 64.0 Å². The van der Waals surface area contributed by atoms with Crippen molar-refractivity contribution < 1.29 is 4.79 Å². The summed E-state index contributed by atoms with van der Waals surface area (Å²) in [5.74, 6) is 2.53. The summed E-state index contributed by atoms with van der Waals surface area (Å²) in [5.41, 5.74) is 2.48. The van der Waals surface area contributed by atoms with Crippen LogP contribution in [0.3, 0.4) is 0 Å². The molecule has 1 amide bonds. The van der Waals surface area contributed by atoms with Crippen molar-refractivity contribution in [2.24, 2.45) is 5.92 Å². The fourth-order valence-electron chi connectivity index (χ4n) is 5.47. The van der Waals surface area contributed by atoms with Crippen LogP contribution in [-0.2, 0) is 11.2 Å². The summed E-state index contributed by atoms with van der Waals surface area (Å²) in [6.07, 6.45) is 7.23. The highest BCUT2D eigenvalue weighted by molar-refractivity contribution is 5.79. The lowest BCUT2D eigenvalue weighted by Gasteiger charge is -2.34. The number of piperidine rings is 1. The number of aryl methyl sites for hydroxylation is 1. The molecule has 1 aliphatic heterocycles. The van der Waals surface area contributed by atoms with Crippen LogP contribution >= 0.6 is 0 Å². The van der Waals surface area contributed by atoms with Gasteiger partial charge in [0.25, 0.3) is 0 Å². The van der Waals surface area contributed by atoms with Gasteiger partial charge in [-0.15, -0.1) is 10.2 Å². The molecule has 184 valence electrons. The Morgan fingerprint density at radius 3 is 2.31 bits per heavy atom. The van der Waals surface area contributed by atoms with Crippen LogP contribution in [0.1, 0.15) is 73.4 Å². The van der Waals surface area contributed by atoms with E-state index in [-0.39, 0.29) is 17.9 Å². The fourth-order valence-corrected chi connectivity index (χ4v) is 5.47. The molecule has 1 saturated heterocycles. The van der Waals surface area contributed by atoms with E-state index < -0.39 is 0 Å². The third-order valence-corrected chi connectivity index (χ3v) is 7.79. The van der Waals surface area contributed by atoms with Gasteiger partial charge >= 0.3 is 0 Å². The van der Waals surface area contributed by atoms with Gasteiger partial charge in [-0.2, -0.15) is 0 Å². The van der Waals surface area contributed by atoms with E-state index >= 15 is 0 Å². The maximum Gasteiger partial charge on any atom is 0.223 e. The molecular weight excluding hydrogens is 434 g/mol. The fraction of sp³-hybridized carbons (Fsp3) is 0.483. The van der Waals surface area contributed by atoms with Crippen LogP contribution in [0.5, 0.6) is 0 Å². The molecule has 1 saturated carbocycles. The van der Waals surface area contributed by atoms with Gasteiger partial charge in [0, 0.05) is 38.0 Å². The van der Waals surface area contributed by atoms with Crippen LogP contribution in [0, 0.1) is 12.8 Å². The van der Waals surface area contributed by atoms with Gasteiger partial charge in [0.1, 0.15) is 11.6 Å². The van der Waals surface area contributed by atoms with Gasteiger partial charge in [0.05, 0.1) is 6.04 Å². The van der Waals surface area contributed by atoms with Crippen molar-refractivity contribution >= 4 is 5.91 Å². The molecule has 6 heteroatoms. The first-order valence-corrected chi connectivity index (χ1v) is 13.2. The second-order valence-corrected chi connectivity index (χ2v) is 10.2. The Bertz CT molecular complexity index is 1080. The summed E-state index contributed by atoms with van der Waals surface area (Å²) in [5, 5.41) is 12.3. The molecule has 6 nitrogen and oxygen atoms in total. The number of nitrogens with zero attached hydrogens (tertiary/aromatic N) is 4. The lowest BCUT2D eigenvalue weighted by molar-refractivity contribution is -0.128. The zero-order chi connectivity index (χ0) is 24.0. The number of benzene rings is 2. The summed E-state index contributed by atoms with van der Waals surface area (Å²) < 4.78 is 2.37. The Labute approximate surface area is 208 Å². The predicted molar refractivity (Wildman–Crippen MR) is 138 cm³/mol. The summed E-state index contributed by atoms with van der Waals surface area (Å²) in [6.45, 7) is 5.19. The number of carbonyl (C=O) groups is 1. The zero-order valence-corrected chi connectivity index (χ0v) is 20.8. The quantitative estimate of drug-likeness (QED) is 0.484. The summed E-state index contributed by atoms with van der Waals surface area (Å²) >= 11 is 0. The van der Waals surface area contributed by atoms with E-state index in [9.17, 15) is 4.79 Å². The molecule has 3 aromatic rings. The van der Waals surface area contributed by atoms with E-state index in [2.05, 4.69) is 86.5 Å². The number of hydrogen-bond acceptors (Lipinski definition) is 4. The van der Waals surface area contributed by atoms with Gasteiger partial charge < -0.3 is 14.8 Å². The summed E-state index contributed by atoms with van der Waals surface area (Å²) in [4.78, 5) is 15.2. The molecule has 0 radical (unpaired) electrons. The highest BCUT2D eigenvalue weighted by Gasteiger charge is 2.28. The van der Waals surface area contributed by atoms with E-state index in [0.29, 0.717) is 6.04 Å². The van der Waals surface area contributed by atoms with Gasteiger partial charge in [-0.3, -0.25) is 4.79 Å². The van der Waals surface area contributed by atoms with E-state index in [1.807, 2.05) is 6.07 Å². The second kappa shape index (κ2) is 11.2. The normalized spacial score (nSPS) is 18.2. The highest BCUT2D eigenvalue weighted by atomic mass is 16.2. The molecule has 1 atom stereocenters. The van der Waals surface area contributed by atoms with Crippen LogP contribution in [0.4, 0.5) is 0 Å². The van der Waals surface area contributed by atoms with Gasteiger partial charge in [-0.1, -0.05) is 67.1 Å². The van der Waals surface area contributed by atoms with Crippen LogP contribution in [0.15, 0.2) is 60.7 Å². The van der Waals surface area contributed by atoms with Crippen LogP contribution in [0.25, 0.3) is 0 Å². The Morgan fingerprint density at radius 2 is 1.66 bits per heavy atom. The van der Waals surface area contributed by atoms with E-state index in [0.717, 1.165) is 69.8 Å². The number of rotatable bonds is 9. The lowest BCUT2D eigenvalue weighted by atomic mass is 9.84. The molecule has 2 fully saturated rings. The third-order valence-electron chi connectivity index (χ3n) is 7.79. The molecule has 35 heavy (non-hydrogen) atoms. The van der Waals surface area contributed by atoms with Crippen molar-refractivity contribution in [3.63, 3.8) is 0 Å². The SMILES string of the molecule is Cc1nnc(Cc2ccccc2)n1C1CCN(CC[C@H](NC(=O)C2CCC2)c2ccccc2)CC1. The average molecular weight is 472 g/mol. The molecule has 1 aliphatic carbocycles. The Morgan fingerprint density at radius 1 is 0.971 bits per heavy atom. The van der Waals surface area contributed by atoms with Gasteiger partial charge in [-0.25, -0.2) is 0 Å². The van der Waals surface area contributed by atoms with Crippen LogP contribution in [0.2, 0.25) is 0 Å². The number of likely N-dealkylation sites (tertiary alicyclic amines) is 1. The lowest BCUT2D eigenvalue weighted by Crippen LogP contribution is -2.40. The molecule has 1 N–H and O–H groups in total. The maximum absolute atomic E-state index is 12.7. The first-order chi connectivity index (χ1) is 17.2. The van der Waals surface area contributed by atoms with Gasteiger partial charge in [0.15, 0.2) is 0 Å². The van der Waals surface area contributed by atoms with Gasteiger partial charge in [0.2, 0.25) is 5.91 Å². The second-order valence-electron chi connectivity index (χ2n) is 10.2. The molecule has 2 aromatic carbocycles. The molecule has 0 bridgehead atoms. The first kappa shape index (κ1) is 23.7. The monoisotopic (exact) mass is 471 g/mol. The average Bonchev–Trinajstić information content (AvgIpc) is 3.22. The molecular formula is C29H37N5O. The largest absolute Gasteiger partial charge is 0.349 e. The molecule has 1 aromatic heterocycles. The Kier molecular flexibility index (Phi) is 7.57. The standard InChI is InChI=1S/C29H37N5O/c1-22-31-32-28(21-23-9-4-2-5-10-23)34(22)26-15-18-33(19-16-26)20-17-27(24-11-6-3-7-12-24)30-29(35)25-13-8-14-25/h2-7,9-12,25-27H,8,13-21H2,1H3,(H,30,35)/t27-/m0/s1. The molecule has 0 unspecified atom stereocenters. The molecule has 5 rings (SSSR count). The summed E-state index contributed by atoms with van der Waals surface area (Å²) in [6, 6.07) is 21.5. The maximum atomic E-state index is 12.7. The topological polar surface area (TPSA) is 63.1 Å². The van der Waals surface area contributed by atoms with E-state index in [4.69, 9.17) is 0 Å². The van der Waals surface area contributed by atoms with Crippen molar-refractivity contribution in [1.29, 1.82) is 0 Å². The predicted octanol–water partition coefficient (Wildman–Crippen LogP) is 4.86. The Hall–Kier alpha value is -2.99. The van der Waals surface area contributed by atoms with Crippen LogP contribution in [-0.4, -0.2) is 45.2 Å². The number of amides is 1. The number of carbonyl (C=O) groups excluding carboxylic acids is 1. The molecule has 0 spiro atoms.